The van der Waals surface area contributed by atoms with E-state index in [0.29, 0.717) is 0 Å². The van der Waals surface area contributed by atoms with Gasteiger partial charge < -0.3 is 114 Å². The number of quaternary nitrogens is 1. The average Bonchev–Trinajstić information content (AvgIpc) is 0.932. The Kier molecular flexibility index (Phi) is 47.1. The van der Waals surface area contributed by atoms with Gasteiger partial charge in [0.1, 0.15) is 48.6 Å². The van der Waals surface area contributed by atoms with Gasteiger partial charge >= 0.3 is 0 Å². The number of ketones is 8. The van der Waals surface area contributed by atoms with Crippen LogP contribution in [0.4, 0.5) is 0 Å². The number of Topliss-reactive ketones (excluding diaryl/α,β-unsaturated/α-hetero) is 8. The molecule has 0 saturated carbocycles. The zero-order chi connectivity index (χ0) is 75.3. The molecule has 0 spiro atoms. The summed E-state index contributed by atoms with van der Waals surface area (Å²) in [6.07, 6.45) is -11.4. The van der Waals surface area contributed by atoms with Crippen molar-refractivity contribution < 1.29 is 144 Å². The number of likely N-dealkylation sites (N-methyl/N-ethyl adjacent to an activating group) is 1. The smallest absolute Gasteiger partial charge is 0.281 e. The third-order valence-electron chi connectivity index (χ3n) is 15.1. The maximum Gasteiger partial charge on any atom is 0.281 e. The topological polar surface area (TPSA) is 634 Å². The van der Waals surface area contributed by atoms with Gasteiger partial charge in [-0.2, -0.15) is 0 Å². The molecule has 36 heteroatoms. The number of aliphatic hydroxyl groups excluding tert-OH is 14. The summed E-state index contributed by atoms with van der Waals surface area (Å²) in [7, 11) is 1.45. The Morgan fingerprint density at radius 3 is 0.740 bits per heavy atom. The van der Waals surface area contributed by atoms with Crippen molar-refractivity contribution in [3.05, 3.63) is 0 Å². The van der Waals surface area contributed by atoms with Gasteiger partial charge in [0.15, 0.2) is 46.5 Å². The van der Waals surface area contributed by atoms with E-state index in [-0.39, 0.29) is 6.42 Å². The van der Waals surface area contributed by atoms with Gasteiger partial charge in [0, 0.05) is 44.4 Å². The maximum atomic E-state index is 12.8. The summed E-state index contributed by atoms with van der Waals surface area (Å²) in [5.74, 6) is -17.0. The minimum Gasteiger partial charge on any atom is -0.396 e. The van der Waals surface area contributed by atoms with Gasteiger partial charge in [-0.3, -0.25) is 67.1 Å². The predicted octanol–water partition coefficient (Wildman–Crippen LogP) is -10.7. The molecule has 21 atom stereocenters. The van der Waals surface area contributed by atoms with Gasteiger partial charge in [-0.15, -0.1) is 0 Å². The molecule has 0 aliphatic carbocycles. The highest BCUT2D eigenvalue weighted by atomic mass is 16.3. The molecule has 0 bridgehead atoms. The van der Waals surface area contributed by atoms with Crippen LogP contribution in [0.15, 0.2) is 0 Å². The van der Waals surface area contributed by atoms with E-state index in [2.05, 4.69) is 43.0 Å². The molecular weight excluding hydrogens is 1280 g/mol. The van der Waals surface area contributed by atoms with Crippen molar-refractivity contribution in [2.24, 2.45) is 35.5 Å². The normalized spacial score (nSPS) is 17.8. The number of aliphatic hydroxyl groups is 14. The van der Waals surface area contributed by atoms with Gasteiger partial charge in [-0.1, -0.05) is 13.8 Å². The zero-order valence-corrected chi connectivity index (χ0v) is 56.5. The van der Waals surface area contributed by atoms with Crippen LogP contribution in [-0.4, -0.2) is 298 Å². The van der Waals surface area contributed by atoms with E-state index in [1.54, 1.807) is 6.92 Å². The summed E-state index contributed by atoms with van der Waals surface area (Å²) >= 11 is 0. The van der Waals surface area contributed by atoms with E-state index in [1.165, 1.54) is 76.3 Å². The summed E-state index contributed by atoms with van der Waals surface area (Å²) in [6, 6.07) is -10.2. The van der Waals surface area contributed by atoms with Crippen LogP contribution >= 0.6 is 0 Å². The van der Waals surface area contributed by atoms with Crippen molar-refractivity contribution in [1.29, 1.82) is 0 Å². The fraction of sp³-hybridized carbons (Fsp3) is 0.767. The molecule has 554 valence electrons. The first-order valence-electron chi connectivity index (χ1n) is 31.0. The average molecular weight is 1390 g/mol. The van der Waals surface area contributed by atoms with Crippen LogP contribution in [0.5, 0.6) is 0 Å². The van der Waals surface area contributed by atoms with Crippen LogP contribution < -0.4 is 43.0 Å². The molecule has 0 saturated heterocycles. The highest BCUT2D eigenvalue weighted by Gasteiger charge is 2.39. The quantitative estimate of drug-likeness (QED) is 0.0269. The van der Waals surface area contributed by atoms with Crippen LogP contribution in [0.1, 0.15) is 115 Å². The standard InChI is InChI=1S/C23H41N3O10.C20H35N3O10.C17H30N2O8/c1-6-16(32)20(12(3)30)25-22(35)15(10-28)8-18(34)21(13(4)31)26-23(36)14(9-27)7-17(33)19(24-5)11(2)29;1-9(27)12(6-24)4-15(30)17(10(2)28)22-19(32)13(7-25)5-16(31)18(11(3)29)23-20(33)14(21)8-26;1-8(6-20)16(26)19-15(11(4)24)13(25)5-12(7-21)17(27)18-14(9(2)22)10(3)23/h11-15,19-21,24,27-31H,6-10H2,1-5H3,(H,25,35)(H,26,36);10-14,17-18,24-26,28-29H,4-8,21H2,1-3H3,(H,22,32)(H,23,33);8-9,11-12,14-15,20-22,24H,5-7H2,1-4H3,(H,18,27)(H,19,26)/p+1. The summed E-state index contributed by atoms with van der Waals surface area (Å²) in [5.41, 5.74) is 3.39. The third kappa shape index (κ3) is 33.7. The van der Waals surface area contributed by atoms with E-state index >= 15 is 0 Å². The maximum absolute atomic E-state index is 12.8. The Hall–Kier alpha value is -6.46. The summed E-state index contributed by atoms with van der Waals surface area (Å²) in [4.78, 5) is 171. The van der Waals surface area contributed by atoms with Crippen molar-refractivity contribution in [2.75, 3.05) is 53.3 Å². The van der Waals surface area contributed by atoms with Gasteiger partial charge in [0.25, 0.3) is 5.91 Å². The number of rotatable bonds is 46. The molecule has 0 radical (unpaired) electrons. The molecule has 24 N–H and O–H groups in total. The third-order valence-corrected chi connectivity index (χ3v) is 15.1. The van der Waals surface area contributed by atoms with E-state index in [9.17, 15) is 128 Å². The molecule has 0 aromatic carbocycles. The number of carbonyl (C=O) groups is 14. The molecule has 0 rings (SSSR count). The van der Waals surface area contributed by atoms with Gasteiger partial charge in [-0.25, -0.2) is 0 Å². The second kappa shape index (κ2) is 48.3. The van der Waals surface area contributed by atoms with E-state index in [1.807, 2.05) is 0 Å². The monoisotopic (exact) mass is 1390 g/mol. The molecule has 0 fully saturated rings. The Morgan fingerprint density at radius 2 is 0.531 bits per heavy atom. The Morgan fingerprint density at radius 1 is 0.302 bits per heavy atom. The summed E-state index contributed by atoms with van der Waals surface area (Å²) in [5, 5.41) is 150. The first-order valence-corrected chi connectivity index (χ1v) is 31.0. The Balaban J connectivity index is -0.00000137. The van der Waals surface area contributed by atoms with E-state index in [4.69, 9.17) is 10.2 Å². The lowest BCUT2D eigenvalue weighted by atomic mass is 9.92. The molecule has 96 heavy (non-hydrogen) atoms. The molecule has 0 aliphatic heterocycles. The van der Waals surface area contributed by atoms with Gasteiger partial charge in [0.05, 0.1) is 118 Å². The molecule has 0 aromatic rings. The molecule has 0 aromatic heterocycles. The minimum absolute atomic E-state index is 0.0372. The zero-order valence-electron chi connectivity index (χ0n) is 56.5. The van der Waals surface area contributed by atoms with Crippen LogP contribution in [-0.2, 0) is 67.1 Å². The number of hydrogen-bond donors (Lipinski definition) is 22. The second-order valence-electron chi connectivity index (χ2n) is 23.6. The highest BCUT2D eigenvalue weighted by Crippen LogP contribution is 2.17. The number of hydrogen-bond acceptors (Lipinski definition) is 29. The lowest BCUT2D eigenvalue weighted by Gasteiger charge is -2.26. The first kappa shape index (κ1) is 93.7. The Bertz CT molecular complexity index is 2520. The molecular formula is C60H107N8O28+. The lowest BCUT2D eigenvalue weighted by Crippen LogP contribution is -2.70. The number of nitrogens with one attached hydrogen (secondary N) is 7. The van der Waals surface area contributed by atoms with Gasteiger partial charge in [-0.05, 0) is 69.4 Å². The molecule has 0 heterocycles. The molecule has 6 amide bonds. The van der Waals surface area contributed by atoms with Crippen LogP contribution in [0.2, 0.25) is 0 Å². The van der Waals surface area contributed by atoms with E-state index in [0.717, 1.165) is 0 Å². The van der Waals surface area contributed by atoms with E-state index < -0.39 is 287 Å². The largest absolute Gasteiger partial charge is 0.396 e. The van der Waals surface area contributed by atoms with Crippen molar-refractivity contribution in [3.63, 3.8) is 0 Å². The van der Waals surface area contributed by atoms with Crippen LogP contribution in [0.3, 0.4) is 0 Å². The van der Waals surface area contributed by atoms with Crippen LogP contribution in [0.25, 0.3) is 0 Å². The highest BCUT2D eigenvalue weighted by molar-refractivity contribution is 5.99. The summed E-state index contributed by atoms with van der Waals surface area (Å²) in [6.45, 7) is 9.58. The van der Waals surface area contributed by atoms with Crippen molar-refractivity contribution in [1.82, 2.24) is 37.2 Å². The minimum atomic E-state index is -1.52. The summed E-state index contributed by atoms with van der Waals surface area (Å²) < 4.78 is 0. The SMILES string of the molecule is CC(=O)C(CO)CC(=O)C(NC(=O)C(CO)CC(=O)C(NC(=O)C([NH3+])CO)C(C)O)C(C)O.CC(=O)C(NC(=O)C(CO)CC(=O)C(NC(=O)C(C)CO)C(C)O)C(C)O.CCC(=O)C(NC(=O)C(CO)CC(=O)C(NC(=O)C(CO)CC(=O)C(NC)C(C)O)C(C)O)C(C)O. The van der Waals surface area contributed by atoms with Crippen molar-refractivity contribution >= 4 is 81.7 Å². The number of amides is 6. The first-order chi connectivity index (χ1) is 44.5. The number of carbonyl (C=O) groups excluding carboxylic acids is 14. The molecule has 0 aliphatic rings. The van der Waals surface area contributed by atoms with Crippen LogP contribution in [0, 0.1) is 35.5 Å². The van der Waals surface area contributed by atoms with Crippen molar-refractivity contribution in [3.8, 4) is 0 Å². The molecule has 36 nitrogen and oxygen atoms in total. The predicted molar refractivity (Wildman–Crippen MR) is 334 cm³/mol. The van der Waals surface area contributed by atoms with Gasteiger partial charge in [0.2, 0.25) is 29.5 Å². The fourth-order valence-electron chi connectivity index (χ4n) is 8.77. The molecule has 21 unspecified atom stereocenters. The Labute approximate surface area is 556 Å². The lowest BCUT2D eigenvalue weighted by molar-refractivity contribution is -0.409. The van der Waals surface area contributed by atoms with Crippen molar-refractivity contribution in [2.45, 2.75) is 206 Å². The fourth-order valence-corrected chi connectivity index (χ4v) is 8.77. The second-order valence-corrected chi connectivity index (χ2v) is 23.6.